The van der Waals surface area contributed by atoms with Crippen LogP contribution < -0.4 is 0 Å². The van der Waals surface area contributed by atoms with Gasteiger partial charge in [-0.05, 0) is 0 Å². The topological polar surface area (TPSA) is 54.0 Å². The maximum atomic E-state index is 11.2. The Kier molecular flexibility index (Phi) is 3.65. The molecule has 5 nitrogen and oxygen atoms in total. The Hall–Kier alpha value is -0.650. The maximum Gasteiger partial charge on any atom is 0.338 e. The van der Waals surface area contributed by atoms with Crippen molar-refractivity contribution < 1.29 is 23.7 Å². The largest absolute Gasteiger partial charge is 0.461 e. The molecule has 0 aromatic carbocycles. The predicted octanol–water partition coefficient (Wildman–Crippen LogP) is -0.412. The van der Waals surface area contributed by atoms with Crippen molar-refractivity contribution in [2.75, 3.05) is 27.9 Å². The van der Waals surface area contributed by atoms with Crippen LogP contribution in [0, 0.1) is 0 Å². The fourth-order valence-electron chi connectivity index (χ4n) is 1.38. The van der Waals surface area contributed by atoms with Crippen LogP contribution in [0.15, 0.2) is 0 Å². The van der Waals surface area contributed by atoms with E-state index in [9.17, 15) is 4.79 Å². The summed E-state index contributed by atoms with van der Waals surface area (Å²) in [6.07, 6.45) is -1.34. The number of esters is 1. The molecule has 1 saturated heterocycles. The number of hydrogen-bond donors (Lipinski definition) is 0. The van der Waals surface area contributed by atoms with Crippen molar-refractivity contribution in [3.63, 3.8) is 0 Å². The highest BCUT2D eigenvalue weighted by Crippen LogP contribution is 2.17. The molecule has 0 amide bonds. The van der Waals surface area contributed by atoms with Crippen molar-refractivity contribution in [3.05, 3.63) is 0 Å². The van der Waals surface area contributed by atoms with E-state index >= 15 is 0 Å². The number of rotatable bonds is 3. The van der Waals surface area contributed by atoms with Gasteiger partial charge in [-0.2, -0.15) is 0 Å². The third-order valence-corrected chi connectivity index (χ3v) is 2.12. The van der Waals surface area contributed by atoms with Gasteiger partial charge < -0.3 is 18.9 Å². The molecule has 0 aromatic rings. The number of cyclic esters (lactones) is 1. The lowest BCUT2D eigenvalue weighted by Gasteiger charge is -2.33. The first-order valence-electron chi connectivity index (χ1n) is 3.99. The molecule has 0 aromatic heterocycles. The maximum absolute atomic E-state index is 11.2. The van der Waals surface area contributed by atoms with E-state index in [1.165, 1.54) is 14.2 Å². The van der Waals surface area contributed by atoms with Crippen LogP contribution in [0.1, 0.15) is 0 Å². The Balaban J connectivity index is 2.70. The lowest BCUT2D eigenvalue weighted by atomic mass is 10.1. The summed E-state index contributed by atoms with van der Waals surface area (Å²) in [7, 11) is 4.50. The van der Waals surface area contributed by atoms with E-state index in [1.54, 1.807) is 7.11 Å². The Morgan fingerprint density at radius 1 is 1.23 bits per heavy atom. The molecule has 3 atom stereocenters. The van der Waals surface area contributed by atoms with Crippen LogP contribution in [-0.4, -0.2) is 52.2 Å². The molecule has 1 fully saturated rings. The zero-order valence-corrected chi connectivity index (χ0v) is 7.98. The van der Waals surface area contributed by atoms with Gasteiger partial charge in [-0.1, -0.05) is 0 Å². The lowest BCUT2D eigenvalue weighted by Crippen LogP contribution is -2.53. The summed E-state index contributed by atoms with van der Waals surface area (Å²) in [5.74, 6) is -0.400. The van der Waals surface area contributed by atoms with Crippen LogP contribution in [0.4, 0.5) is 0 Å². The molecule has 1 rings (SSSR count). The number of carbonyl (C=O) groups is 1. The average molecular weight is 190 g/mol. The predicted molar refractivity (Wildman–Crippen MR) is 43.4 cm³/mol. The minimum absolute atomic E-state index is 0.216. The summed E-state index contributed by atoms with van der Waals surface area (Å²) in [6, 6.07) is 0. The normalized spacial score (nSPS) is 34.4. The second kappa shape index (κ2) is 4.55. The second-order valence-electron chi connectivity index (χ2n) is 2.76. The Morgan fingerprint density at radius 3 is 2.38 bits per heavy atom. The summed E-state index contributed by atoms with van der Waals surface area (Å²) >= 11 is 0. The number of ether oxygens (including phenoxy) is 4. The van der Waals surface area contributed by atoms with E-state index in [0.717, 1.165) is 0 Å². The molecule has 0 aliphatic carbocycles. The molecule has 1 aliphatic rings. The SMILES string of the molecule is CO[C@H]1[C@@H](OC)COC(=O)[C@@H]1OC. The van der Waals surface area contributed by atoms with E-state index in [-0.39, 0.29) is 12.7 Å². The van der Waals surface area contributed by atoms with Gasteiger partial charge in [0.2, 0.25) is 0 Å². The van der Waals surface area contributed by atoms with E-state index in [1.807, 2.05) is 0 Å². The standard InChI is InChI=1S/C8H14O5/c1-10-5-4-13-8(9)7(12-3)6(5)11-2/h5-7H,4H2,1-3H3/t5-,6-,7+/m0/s1. The van der Waals surface area contributed by atoms with Crippen molar-refractivity contribution in [1.29, 1.82) is 0 Å². The first-order chi connectivity index (χ1) is 6.24. The molecule has 0 unspecified atom stereocenters. The van der Waals surface area contributed by atoms with Gasteiger partial charge in [0, 0.05) is 21.3 Å². The Labute approximate surface area is 76.9 Å². The van der Waals surface area contributed by atoms with Gasteiger partial charge in [-0.3, -0.25) is 0 Å². The van der Waals surface area contributed by atoms with Crippen LogP contribution in [-0.2, 0) is 23.7 Å². The van der Waals surface area contributed by atoms with Crippen molar-refractivity contribution in [1.82, 2.24) is 0 Å². The third-order valence-electron chi connectivity index (χ3n) is 2.12. The fraction of sp³-hybridized carbons (Fsp3) is 0.875. The van der Waals surface area contributed by atoms with Crippen molar-refractivity contribution in [2.45, 2.75) is 18.3 Å². The van der Waals surface area contributed by atoms with E-state index in [4.69, 9.17) is 18.9 Å². The lowest BCUT2D eigenvalue weighted by molar-refractivity contribution is -0.197. The first kappa shape index (κ1) is 10.4. The average Bonchev–Trinajstić information content (AvgIpc) is 2.17. The molecule has 13 heavy (non-hydrogen) atoms. The molecule has 0 saturated carbocycles. The molecule has 5 heteroatoms. The van der Waals surface area contributed by atoms with Gasteiger partial charge in [0.15, 0.2) is 6.10 Å². The quantitative estimate of drug-likeness (QED) is 0.566. The van der Waals surface area contributed by atoms with Crippen LogP contribution in [0.2, 0.25) is 0 Å². The molecule has 0 bridgehead atoms. The molecule has 0 radical (unpaired) electrons. The molecule has 0 N–H and O–H groups in total. The Morgan fingerprint density at radius 2 is 1.92 bits per heavy atom. The van der Waals surface area contributed by atoms with Crippen LogP contribution in [0.3, 0.4) is 0 Å². The highest BCUT2D eigenvalue weighted by molar-refractivity contribution is 5.76. The number of methoxy groups -OCH3 is 3. The molecular weight excluding hydrogens is 176 g/mol. The van der Waals surface area contributed by atoms with Gasteiger partial charge in [0.05, 0.1) is 0 Å². The zero-order chi connectivity index (χ0) is 9.84. The summed E-state index contributed by atoms with van der Waals surface area (Å²) in [6.45, 7) is 0.216. The Bertz CT molecular complexity index is 181. The summed E-state index contributed by atoms with van der Waals surface area (Å²) in [4.78, 5) is 11.2. The number of carbonyl (C=O) groups excluding carboxylic acids is 1. The molecule has 1 aliphatic heterocycles. The van der Waals surface area contributed by atoms with Crippen LogP contribution in [0.5, 0.6) is 0 Å². The van der Waals surface area contributed by atoms with Crippen molar-refractivity contribution in [2.24, 2.45) is 0 Å². The van der Waals surface area contributed by atoms with Gasteiger partial charge >= 0.3 is 5.97 Å². The van der Waals surface area contributed by atoms with E-state index in [2.05, 4.69) is 0 Å². The number of hydrogen-bond acceptors (Lipinski definition) is 5. The fourth-order valence-corrected chi connectivity index (χ4v) is 1.38. The second-order valence-corrected chi connectivity index (χ2v) is 2.76. The highest BCUT2D eigenvalue weighted by Gasteiger charge is 2.41. The van der Waals surface area contributed by atoms with Gasteiger partial charge in [-0.25, -0.2) is 4.79 Å². The van der Waals surface area contributed by atoms with Gasteiger partial charge in [0.1, 0.15) is 18.8 Å². The van der Waals surface area contributed by atoms with E-state index < -0.39 is 18.2 Å². The van der Waals surface area contributed by atoms with Gasteiger partial charge in [0.25, 0.3) is 0 Å². The van der Waals surface area contributed by atoms with Crippen LogP contribution in [0.25, 0.3) is 0 Å². The molecule has 0 spiro atoms. The summed E-state index contributed by atoms with van der Waals surface area (Å²) < 4.78 is 20.0. The van der Waals surface area contributed by atoms with Gasteiger partial charge in [-0.15, -0.1) is 0 Å². The smallest absolute Gasteiger partial charge is 0.338 e. The molecule has 76 valence electrons. The zero-order valence-electron chi connectivity index (χ0n) is 7.98. The minimum atomic E-state index is -0.691. The molecular formula is C8H14O5. The van der Waals surface area contributed by atoms with Crippen molar-refractivity contribution >= 4 is 5.97 Å². The summed E-state index contributed by atoms with van der Waals surface area (Å²) in [5, 5.41) is 0. The highest BCUT2D eigenvalue weighted by atomic mass is 16.6. The van der Waals surface area contributed by atoms with E-state index in [0.29, 0.717) is 0 Å². The van der Waals surface area contributed by atoms with Crippen LogP contribution >= 0.6 is 0 Å². The minimum Gasteiger partial charge on any atom is -0.461 e. The molecule has 1 heterocycles. The summed E-state index contributed by atoms with van der Waals surface area (Å²) in [5.41, 5.74) is 0. The monoisotopic (exact) mass is 190 g/mol. The van der Waals surface area contributed by atoms with Crippen molar-refractivity contribution in [3.8, 4) is 0 Å². The third kappa shape index (κ3) is 1.99. The first-order valence-corrected chi connectivity index (χ1v) is 3.99.